The second-order valence-electron chi connectivity index (χ2n) is 5.36. The predicted octanol–water partition coefficient (Wildman–Crippen LogP) is 2.97. The van der Waals surface area contributed by atoms with E-state index in [0.717, 1.165) is 19.3 Å². The van der Waals surface area contributed by atoms with Crippen molar-refractivity contribution in [3.63, 3.8) is 0 Å². The number of aryl methyl sites for hydroxylation is 1. The quantitative estimate of drug-likeness (QED) is 0.888. The van der Waals surface area contributed by atoms with Crippen LogP contribution in [0, 0.1) is 6.92 Å². The molecule has 3 nitrogen and oxygen atoms in total. The summed E-state index contributed by atoms with van der Waals surface area (Å²) in [5.41, 5.74) is 8.36. The zero-order valence-electron chi connectivity index (χ0n) is 12.0. The lowest BCUT2D eigenvalue weighted by Crippen LogP contribution is -2.30. The first-order valence-electron chi connectivity index (χ1n) is 7.18. The Hall–Kier alpha value is -0.900. The molecule has 1 fully saturated rings. The summed E-state index contributed by atoms with van der Waals surface area (Å²) < 4.78 is 11.7. The minimum Gasteiger partial charge on any atom is -0.381 e. The predicted molar refractivity (Wildman–Crippen MR) is 77.1 cm³/mol. The molecule has 1 aromatic rings. The van der Waals surface area contributed by atoms with Crippen molar-refractivity contribution in [1.29, 1.82) is 0 Å². The molecule has 3 unspecified atom stereocenters. The van der Waals surface area contributed by atoms with E-state index >= 15 is 0 Å². The van der Waals surface area contributed by atoms with Crippen LogP contribution in [0.3, 0.4) is 0 Å². The van der Waals surface area contributed by atoms with Crippen LogP contribution < -0.4 is 5.73 Å². The third kappa shape index (κ3) is 3.78. The fraction of sp³-hybridized carbons (Fsp3) is 0.625. The minimum atomic E-state index is 0.00167. The molecule has 0 amide bonds. The van der Waals surface area contributed by atoms with E-state index < -0.39 is 0 Å². The van der Waals surface area contributed by atoms with Gasteiger partial charge in [-0.15, -0.1) is 0 Å². The highest BCUT2D eigenvalue weighted by atomic mass is 16.5. The molecular weight excluding hydrogens is 238 g/mol. The van der Waals surface area contributed by atoms with E-state index in [1.807, 2.05) is 12.1 Å². The first-order chi connectivity index (χ1) is 9.24. The smallest absolute Gasteiger partial charge is 0.0953 e. The van der Waals surface area contributed by atoms with Gasteiger partial charge in [-0.3, -0.25) is 0 Å². The van der Waals surface area contributed by atoms with Gasteiger partial charge >= 0.3 is 0 Å². The van der Waals surface area contributed by atoms with Crippen molar-refractivity contribution in [2.45, 2.75) is 50.9 Å². The van der Waals surface area contributed by atoms with Gasteiger partial charge in [0.05, 0.1) is 18.3 Å². The highest BCUT2D eigenvalue weighted by Gasteiger charge is 2.25. The molecule has 0 spiro atoms. The van der Waals surface area contributed by atoms with Gasteiger partial charge in [-0.2, -0.15) is 0 Å². The molecule has 1 aliphatic carbocycles. The van der Waals surface area contributed by atoms with Crippen LogP contribution in [0.2, 0.25) is 0 Å². The average Bonchev–Trinajstić information content (AvgIpc) is 2.46. The molecule has 0 bridgehead atoms. The summed E-state index contributed by atoms with van der Waals surface area (Å²) in [5.74, 6) is 0. The molecule has 0 aliphatic heterocycles. The van der Waals surface area contributed by atoms with E-state index in [1.54, 1.807) is 7.11 Å². The molecule has 3 heteroatoms. The number of rotatable bonds is 5. The largest absolute Gasteiger partial charge is 0.381 e. The highest BCUT2D eigenvalue weighted by Crippen LogP contribution is 2.29. The molecule has 1 saturated carbocycles. The lowest BCUT2D eigenvalue weighted by molar-refractivity contribution is -0.0634. The van der Waals surface area contributed by atoms with E-state index in [-0.39, 0.29) is 12.2 Å². The van der Waals surface area contributed by atoms with Gasteiger partial charge < -0.3 is 15.2 Å². The van der Waals surface area contributed by atoms with Crippen LogP contribution in [0.15, 0.2) is 24.3 Å². The summed E-state index contributed by atoms with van der Waals surface area (Å²) in [4.78, 5) is 0. The van der Waals surface area contributed by atoms with Crippen LogP contribution in [0.5, 0.6) is 0 Å². The second kappa shape index (κ2) is 7.04. The molecular formula is C16H25NO2. The molecule has 0 heterocycles. The van der Waals surface area contributed by atoms with Crippen molar-refractivity contribution < 1.29 is 9.47 Å². The molecule has 106 valence electrons. The third-order valence-electron chi connectivity index (χ3n) is 4.02. The Bertz CT molecular complexity index is 394. The Kier molecular flexibility index (Phi) is 5.37. The van der Waals surface area contributed by atoms with Gasteiger partial charge in [0.15, 0.2) is 0 Å². The van der Waals surface area contributed by atoms with Crippen molar-refractivity contribution in [2.24, 2.45) is 5.73 Å². The maximum Gasteiger partial charge on any atom is 0.0953 e. The highest BCUT2D eigenvalue weighted by molar-refractivity contribution is 5.28. The Labute approximate surface area is 116 Å². The monoisotopic (exact) mass is 263 g/mol. The lowest BCUT2D eigenvalue weighted by atomic mass is 9.94. The summed E-state index contributed by atoms with van der Waals surface area (Å²) in [7, 11) is 1.79. The third-order valence-corrected chi connectivity index (χ3v) is 4.02. The van der Waals surface area contributed by atoms with Crippen molar-refractivity contribution in [2.75, 3.05) is 13.7 Å². The van der Waals surface area contributed by atoms with Gasteiger partial charge in [-0.1, -0.05) is 24.3 Å². The Morgan fingerprint density at radius 3 is 2.68 bits per heavy atom. The Balaban J connectivity index is 2.01. The number of methoxy groups -OCH3 is 1. The number of benzene rings is 1. The standard InChI is InChI=1S/C16H25NO2/c1-12-6-3-4-9-15(12)16(11-17)19-14-8-5-7-13(10-14)18-2/h3-4,6,9,13-14,16H,5,7-8,10-11,17H2,1-2H3. The first-order valence-corrected chi connectivity index (χ1v) is 7.18. The maximum absolute atomic E-state index is 6.23. The van der Waals surface area contributed by atoms with Gasteiger partial charge in [0.2, 0.25) is 0 Å². The molecule has 2 N–H and O–H groups in total. The summed E-state index contributed by atoms with van der Waals surface area (Å²) in [6, 6.07) is 8.32. The van der Waals surface area contributed by atoms with Gasteiger partial charge in [0.25, 0.3) is 0 Å². The van der Waals surface area contributed by atoms with Crippen LogP contribution >= 0.6 is 0 Å². The maximum atomic E-state index is 6.23. The summed E-state index contributed by atoms with van der Waals surface area (Å²) >= 11 is 0. The molecule has 2 rings (SSSR count). The van der Waals surface area contributed by atoms with Crippen LogP contribution in [0.1, 0.15) is 42.9 Å². The van der Waals surface area contributed by atoms with Gasteiger partial charge in [-0.05, 0) is 43.7 Å². The number of hydrogen-bond donors (Lipinski definition) is 1. The summed E-state index contributed by atoms with van der Waals surface area (Å²) in [6.07, 6.45) is 5.03. The van der Waals surface area contributed by atoms with Gasteiger partial charge in [0.1, 0.15) is 0 Å². The summed E-state index contributed by atoms with van der Waals surface area (Å²) in [6.45, 7) is 2.64. The van der Waals surface area contributed by atoms with E-state index in [0.29, 0.717) is 12.6 Å². The normalized spacial score (nSPS) is 25.2. The van der Waals surface area contributed by atoms with Crippen LogP contribution in [0.4, 0.5) is 0 Å². The SMILES string of the molecule is COC1CCCC(OC(CN)c2ccccc2C)C1. The number of nitrogens with two attached hydrogens (primary N) is 1. The zero-order valence-corrected chi connectivity index (χ0v) is 12.0. The lowest BCUT2D eigenvalue weighted by Gasteiger charge is -2.31. The van der Waals surface area contributed by atoms with Crippen LogP contribution in [0.25, 0.3) is 0 Å². The molecule has 0 radical (unpaired) electrons. The molecule has 1 aromatic carbocycles. The van der Waals surface area contributed by atoms with Crippen molar-refractivity contribution in [1.82, 2.24) is 0 Å². The molecule has 0 saturated heterocycles. The molecule has 1 aliphatic rings. The fourth-order valence-electron chi connectivity index (χ4n) is 2.88. The second-order valence-corrected chi connectivity index (χ2v) is 5.36. The molecule has 3 atom stereocenters. The molecule has 0 aromatic heterocycles. The summed E-state index contributed by atoms with van der Waals surface area (Å²) in [5, 5.41) is 0. The van der Waals surface area contributed by atoms with E-state index in [4.69, 9.17) is 15.2 Å². The number of hydrogen-bond acceptors (Lipinski definition) is 3. The van der Waals surface area contributed by atoms with E-state index in [9.17, 15) is 0 Å². The van der Waals surface area contributed by atoms with Gasteiger partial charge in [0, 0.05) is 13.7 Å². The van der Waals surface area contributed by atoms with Crippen molar-refractivity contribution in [3.8, 4) is 0 Å². The van der Waals surface area contributed by atoms with E-state index in [2.05, 4.69) is 19.1 Å². The zero-order chi connectivity index (χ0) is 13.7. The topological polar surface area (TPSA) is 44.5 Å². The number of ether oxygens (including phenoxy) is 2. The Morgan fingerprint density at radius 2 is 2.00 bits per heavy atom. The van der Waals surface area contributed by atoms with Gasteiger partial charge in [-0.25, -0.2) is 0 Å². The van der Waals surface area contributed by atoms with Crippen molar-refractivity contribution >= 4 is 0 Å². The molecule has 19 heavy (non-hydrogen) atoms. The Morgan fingerprint density at radius 1 is 1.26 bits per heavy atom. The van der Waals surface area contributed by atoms with Crippen LogP contribution in [-0.4, -0.2) is 25.9 Å². The average molecular weight is 263 g/mol. The minimum absolute atomic E-state index is 0.00167. The van der Waals surface area contributed by atoms with Crippen molar-refractivity contribution in [3.05, 3.63) is 35.4 Å². The van der Waals surface area contributed by atoms with E-state index in [1.165, 1.54) is 17.5 Å². The first kappa shape index (κ1) is 14.5. The van der Waals surface area contributed by atoms with Crippen LogP contribution in [-0.2, 0) is 9.47 Å². The fourth-order valence-corrected chi connectivity index (χ4v) is 2.88.